The van der Waals surface area contributed by atoms with Crippen LogP contribution in [0.15, 0.2) is 18.2 Å². The molecule has 1 fully saturated rings. The molecule has 0 heterocycles. The fraction of sp³-hybridized carbons (Fsp3) is 0.684. The highest BCUT2D eigenvalue weighted by atomic mass is 16.5. The molecule has 0 atom stereocenters. The number of hydrogen-bond donors (Lipinski definition) is 1. The van der Waals surface area contributed by atoms with Crippen LogP contribution in [0.1, 0.15) is 65.5 Å². The summed E-state index contributed by atoms with van der Waals surface area (Å²) in [5, 5.41) is 3.50. The van der Waals surface area contributed by atoms with Gasteiger partial charge < -0.3 is 10.1 Å². The van der Waals surface area contributed by atoms with Gasteiger partial charge in [-0.3, -0.25) is 0 Å². The van der Waals surface area contributed by atoms with Gasteiger partial charge in [-0.15, -0.1) is 0 Å². The van der Waals surface area contributed by atoms with Crippen molar-refractivity contribution in [1.29, 1.82) is 0 Å². The zero-order chi connectivity index (χ0) is 15.7. The Labute approximate surface area is 130 Å². The van der Waals surface area contributed by atoms with Crippen molar-refractivity contribution in [2.75, 3.05) is 13.2 Å². The van der Waals surface area contributed by atoms with Crippen LogP contribution in [0.2, 0.25) is 0 Å². The molecular weight excluding hydrogens is 258 g/mol. The minimum Gasteiger partial charge on any atom is -0.492 e. The Bertz CT molecular complexity index is 475. The first-order chi connectivity index (χ1) is 9.68. The van der Waals surface area contributed by atoms with Crippen LogP contribution in [-0.4, -0.2) is 19.2 Å². The maximum Gasteiger partial charge on any atom is 0.123 e. The molecule has 1 saturated carbocycles. The fourth-order valence-corrected chi connectivity index (χ4v) is 2.42. The van der Waals surface area contributed by atoms with Crippen LogP contribution >= 0.6 is 0 Å². The van der Waals surface area contributed by atoms with Crippen LogP contribution in [-0.2, 0) is 10.8 Å². The highest BCUT2D eigenvalue weighted by Crippen LogP contribution is 2.35. The molecule has 0 radical (unpaired) electrons. The van der Waals surface area contributed by atoms with Gasteiger partial charge in [0.15, 0.2) is 0 Å². The third-order valence-corrected chi connectivity index (χ3v) is 4.02. The van der Waals surface area contributed by atoms with Gasteiger partial charge in [-0.05, 0) is 40.9 Å². The molecule has 2 rings (SSSR count). The van der Waals surface area contributed by atoms with Crippen molar-refractivity contribution >= 4 is 0 Å². The average Bonchev–Trinajstić information content (AvgIpc) is 3.16. The van der Waals surface area contributed by atoms with Gasteiger partial charge in [0.2, 0.25) is 0 Å². The number of ether oxygens (including phenoxy) is 1. The van der Waals surface area contributed by atoms with Gasteiger partial charge in [0.25, 0.3) is 0 Å². The first-order valence-corrected chi connectivity index (χ1v) is 8.19. The van der Waals surface area contributed by atoms with E-state index in [9.17, 15) is 0 Å². The van der Waals surface area contributed by atoms with Crippen LogP contribution in [0.3, 0.4) is 0 Å². The van der Waals surface area contributed by atoms with Gasteiger partial charge in [-0.25, -0.2) is 0 Å². The van der Waals surface area contributed by atoms with Gasteiger partial charge in [0.1, 0.15) is 12.4 Å². The molecule has 1 aliphatic carbocycles. The minimum atomic E-state index is 0.0977. The SMILES string of the molecule is CC(C)(C)c1ccc(OCCNC2CC2)c(C(C)(C)C)c1. The monoisotopic (exact) mass is 289 g/mol. The van der Waals surface area contributed by atoms with Gasteiger partial charge in [-0.1, -0.05) is 53.7 Å². The highest BCUT2D eigenvalue weighted by molar-refractivity contribution is 5.43. The van der Waals surface area contributed by atoms with E-state index in [2.05, 4.69) is 65.1 Å². The van der Waals surface area contributed by atoms with Gasteiger partial charge >= 0.3 is 0 Å². The van der Waals surface area contributed by atoms with Crippen LogP contribution in [0.5, 0.6) is 5.75 Å². The van der Waals surface area contributed by atoms with E-state index in [1.165, 1.54) is 24.0 Å². The summed E-state index contributed by atoms with van der Waals surface area (Å²) in [5.74, 6) is 1.04. The Morgan fingerprint density at radius 3 is 2.24 bits per heavy atom. The molecule has 0 bridgehead atoms. The minimum absolute atomic E-state index is 0.0977. The molecular formula is C19H31NO. The van der Waals surface area contributed by atoms with Gasteiger partial charge in [-0.2, -0.15) is 0 Å². The zero-order valence-electron chi connectivity index (χ0n) is 14.5. The molecule has 0 aromatic heterocycles. The highest BCUT2D eigenvalue weighted by Gasteiger charge is 2.23. The second-order valence-corrected chi connectivity index (χ2v) is 8.29. The molecule has 0 unspecified atom stereocenters. The lowest BCUT2D eigenvalue weighted by molar-refractivity contribution is 0.305. The molecule has 118 valence electrons. The van der Waals surface area contributed by atoms with E-state index in [0.29, 0.717) is 0 Å². The lowest BCUT2D eigenvalue weighted by atomic mass is 9.80. The Balaban J connectivity index is 2.10. The van der Waals surface area contributed by atoms with Crippen LogP contribution in [0, 0.1) is 0 Å². The quantitative estimate of drug-likeness (QED) is 0.811. The number of hydrogen-bond acceptors (Lipinski definition) is 2. The van der Waals surface area contributed by atoms with Gasteiger partial charge in [0, 0.05) is 12.6 Å². The van der Waals surface area contributed by atoms with E-state index in [1.807, 2.05) is 0 Å². The predicted molar refractivity (Wildman–Crippen MR) is 90.4 cm³/mol. The van der Waals surface area contributed by atoms with Crippen LogP contribution in [0.25, 0.3) is 0 Å². The third kappa shape index (κ3) is 4.74. The fourth-order valence-electron chi connectivity index (χ4n) is 2.42. The lowest BCUT2D eigenvalue weighted by Crippen LogP contribution is -2.24. The van der Waals surface area contributed by atoms with E-state index >= 15 is 0 Å². The molecule has 0 amide bonds. The van der Waals surface area contributed by atoms with E-state index in [-0.39, 0.29) is 10.8 Å². The molecule has 1 aromatic rings. The predicted octanol–water partition coefficient (Wildman–Crippen LogP) is 4.41. The molecule has 1 aromatic carbocycles. The average molecular weight is 289 g/mol. The molecule has 2 heteroatoms. The Hall–Kier alpha value is -1.02. The van der Waals surface area contributed by atoms with Crippen molar-refractivity contribution in [2.45, 2.75) is 71.3 Å². The second kappa shape index (κ2) is 6.00. The van der Waals surface area contributed by atoms with Crippen molar-refractivity contribution < 1.29 is 4.74 Å². The molecule has 2 nitrogen and oxygen atoms in total. The normalized spacial score (nSPS) is 16.1. The van der Waals surface area contributed by atoms with E-state index in [4.69, 9.17) is 4.74 Å². The molecule has 0 spiro atoms. The standard InChI is InChI=1S/C19H31NO/c1-18(2,3)14-7-10-17(16(13-14)19(4,5)6)21-12-11-20-15-8-9-15/h7,10,13,15,20H,8-9,11-12H2,1-6H3. The number of benzene rings is 1. The maximum atomic E-state index is 6.05. The Kier molecular flexibility index (Phi) is 4.67. The molecule has 1 aliphatic rings. The first kappa shape index (κ1) is 16.4. The smallest absolute Gasteiger partial charge is 0.123 e. The zero-order valence-corrected chi connectivity index (χ0v) is 14.5. The Morgan fingerprint density at radius 1 is 1.05 bits per heavy atom. The summed E-state index contributed by atoms with van der Waals surface area (Å²) < 4.78 is 6.05. The summed E-state index contributed by atoms with van der Waals surface area (Å²) in [7, 11) is 0. The van der Waals surface area contributed by atoms with Crippen molar-refractivity contribution in [2.24, 2.45) is 0 Å². The maximum absolute atomic E-state index is 6.05. The molecule has 1 N–H and O–H groups in total. The molecule has 0 saturated heterocycles. The van der Waals surface area contributed by atoms with Crippen molar-refractivity contribution in [3.63, 3.8) is 0 Å². The first-order valence-electron chi connectivity index (χ1n) is 8.19. The van der Waals surface area contributed by atoms with Crippen molar-refractivity contribution in [3.05, 3.63) is 29.3 Å². The third-order valence-electron chi connectivity index (χ3n) is 4.02. The molecule has 0 aliphatic heterocycles. The summed E-state index contributed by atoms with van der Waals surface area (Å²) in [6.07, 6.45) is 2.65. The molecule has 21 heavy (non-hydrogen) atoms. The van der Waals surface area contributed by atoms with Crippen LogP contribution < -0.4 is 10.1 Å². The Morgan fingerprint density at radius 2 is 1.71 bits per heavy atom. The van der Waals surface area contributed by atoms with E-state index in [1.54, 1.807) is 0 Å². The summed E-state index contributed by atoms with van der Waals surface area (Å²) in [6.45, 7) is 15.2. The van der Waals surface area contributed by atoms with Crippen LogP contribution in [0.4, 0.5) is 0 Å². The summed E-state index contributed by atoms with van der Waals surface area (Å²) in [5.41, 5.74) is 2.95. The van der Waals surface area contributed by atoms with Crippen molar-refractivity contribution in [1.82, 2.24) is 5.32 Å². The summed E-state index contributed by atoms with van der Waals surface area (Å²) >= 11 is 0. The van der Waals surface area contributed by atoms with E-state index in [0.717, 1.165) is 24.9 Å². The number of nitrogens with one attached hydrogen (secondary N) is 1. The number of rotatable bonds is 5. The summed E-state index contributed by atoms with van der Waals surface area (Å²) in [4.78, 5) is 0. The largest absolute Gasteiger partial charge is 0.492 e. The van der Waals surface area contributed by atoms with Gasteiger partial charge in [0.05, 0.1) is 0 Å². The second-order valence-electron chi connectivity index (χ2n) is 8.29. The van der Waals surface area contributed by atoms with Crippen molar-refractivity contribution in [3.8, 4) is 5.75 Å². The summed E-state index contributed by atoms with van der Waals surface area (Å²) in [6, 6.07) is 7.43. The van der Waals surface area contributed by atoms with E-state index < -0.39 is 0 Å². The lowest BCUT2D eigenvalue weighted by Gasteiger charge is -2.27. The topological polar surface area (TPSA) is 21.3 Å².